The standard InChI is InChI=1S/C28H40N4O4/c1-28(2,3)36-27(34)30-19-9-6-16(7-10-19)15-29-26(33)20-11-12-22(35-4)24-23(20)31-25(32-24)21-14-17-5-8-18(21)13-17/h11-12,16-19,21H,5-10,13-15H2,1-4H3,(H,29,33)(H,30,34)(H,31,32). The van der Waals surface area contributed by atoms with E-state index in [-0.39, 0.29) is 18.0 Å². The zero-order chi connectivity index (χ0) is 25.4. The van der Waals surface area contributed by atoms with Crippen LogP contribution in [0, 0.1) is 17.8 Å². The van der Waals surface area contributed by atoms with Crippen LogP contribution >= 0.6 is 0 Å². The number of rotatable bonds is 6. The van der Waals surface area contributed by atoms with Crippen molar-refractivity contribution in [2.75, 3.05) is 13.7 Å². The lowest BCUT2D eigenvalue weighted by atomic mass is 9.86. The molecule has 1 aromatic carbocycles. The molecule has 3 fully saturated rings. The van der Waals surface area contributed by atoms with E-state index in [9.17, 15) is 9.59 Å². The van der Waals surface area contributed by atoms with E-state index in [1.807, 2.05) is 32.9 Å². The Labute approximate surface area is 213 Å². The van der Waals surface area contributed by atoms with Crippen molar-refractivity contribution >= 4 is 23.0 Å². The third-order valence-electron chi connectivity index (χ3n) is 8.30. The number of nitrogens with one attached hydrogen (secondary N) is 3. The van der Waals surface area contributed by atoms with Crippen LogP contribution in [-0.4, -0.2) is 47.3 Å². The fourth-order valence-corrected chi connectivity index (χ4v) is 6.51. The highest BCUT2D eigenvalue weighted by Gasteiger charge is 2.41. The van der Waals surface area contributed by atoms with E-state index in [1.165, 1.54) is 25.7 Å². The molecule has 3 unspecified atom stereocenters. The number of aromatic amines is 1. The summed E-state index contributed by atoms with van der Waals surface area (Å²) in [7, 11) is 1.65. The summed E-state index contributed by atoms with van der Waals surface area (Å²) in [6.07, 6.45) is 8.46. The minimum absolute atomic E-state index is 0.0948. The van der Waals surface area contributed by atoms with Gasteiger partial charge in [0.25, 0.3) is 5.91 Å². The second kappa shape index (κ2) is 9.94. The highest BCUT2D eigenvalue weighted by Crippen LogP contribution is 2.52. The van der Waals surface area contributed by atoms with Gasteiger partial charge in [-0.2, -0.15) is 0 Å². The molecule has 3 aliphatic carbocycles. The number of alkyl carbamates (subject to hydrolysis) is 1. The van der Waals surface area contributed by atoms with Crippen molar-refractivity contribution in [1.29, 1.82) is 0 Å². The minimum Gasteiger partial charge on any atom is -0.494 e. The first-order valence-corrected chi connectivity index (χ1v) is 13.5. The van der Waals surface area contributed by atoms with Crippen LogP contribution in [0.5, 0.6) is 5.75 Å². The van der Waals surface area contributed by atoms with Crippen molar-refractivity contribution in [2.45, 2.75) is 89.7 Å². The van der Waals surface area contributed by atoms with Crippen molar-refractivity contribution in [3.63, 3.8) is 0 Å². The maximum atomic E-state index is 13.2. The van der Waals surface area contributed by atoms with Gasteiger partial charge in [0.05, 0.1) is 12.7 Å². The van der Waals surface area contributed by atoms with Crippen molar-refractivity contribution in [3.05, 3.63) is 23.5 Å². The molecule has 3 saturated carbocycles. The number of fused-ring (bicyclic) bond motifs is 3. The van der Waals surface area contributed by atoms with Gasteiger partial charge in [-0.25, -0.2) is 9.78 Å². The minimum atomic E-state index is -0.496. The summed E-state index contributed by atoms with van der Waals surface area (Å²) in [5, 5.41) is 6.13. The fourth-order valence-electron chi connectivity index (χ4n) is 6.51. The highest BCUT2D eigenvalue weighted by molar-refractivity contribution is 6.06. The number of hydrogen-bond donors (Lipinski definition) is 3. The Hall–Kier alpha value is -2.77. The Kier molecular flexibility index (Phi) is 6.88. The second-order valence-corrected chi connectivity index (χ2v) is 12.0. The number of H-pyrrole nitrogens is 1. The normalized spacial score (nSPS) is 27.7. The summed E-state index contributed by atoms with van der Waals surface area (Å²) in [5.74, 6) is 4.02. The largest absolute Gasteiger partial charge is 0.494 e. The van der Waals surface area contributed by atoms with Gasteiger partial charge >= 0.3 is 6.09 Å². The molecule has 3 aliphatic rings. The number of ether oxygens (including phenoxy) is 2. The Morgan fingerprint density at radius 1 is 1.08 bits per heavy atom. The third-order valence-corrected chi connectivity index (χ3v) is 8.30. The third kappa shape index (κ3) is 5.32. The summed E-state index contributed by atoms with van der Waals surface area (Å²) in [5.41, 5.74) is 1.62. The molecule has 3 N–H and O–H groups in total. The van der Waals surface area contributed by atoms with E-state index in [0.717, 1.165) is 48.7 Å². The number of hydrogen-bond acceptors (Lipinski definition) is 5. The zero-order valence-corrected chi connectivity index (χ0v) is 22.0. The first-order chi connectivity index (χ1) is 17.2. The number of carbonyl (C=O) groups is 2. The molecule has 196 valence electrons. The lowest BCUT2D eigenvalue weighted by molar-refractivity contribution is 0.0487. The SMILES string of the molecule is COc1ccc(C(=O)NCC2CCC(NC(=O)OC(C)(C)C)CC2)c2nc(C3CC4CCC3C4)[nH]c12. The zero-order valence-electron chi connectivity index (χ0n) is 22.0. The molecule has 0 aliphatic heterocycles. The summed E-state index contributed by atoms with van der Waals surface area (Å²) in [6.45, 7) is 6.22. The molecule has 5 rings (SSSR count). The molecule has 0 saturated heterocycles. The quantitative estimate of drug-likeness (QED) is 0.504. The molecular formula is C28H40N4O4. The number of nitrogens with zero attached hydrogens (tertiary/aromatic N) is 1. The molecule has 1 aromatic heterocycles. The van der Waals surface area contributed by atoms with Gasteiger partial charge in [0, 0.05) is 18.5 Å². The Balaban J connectivity index is 1.19. The maximum absolute atomic E-state index is 13.2. The van der Waals surface area contributed by atoms with E-state index in [1.54, 1.807) is 7.11 Å². The lowest BCUT2D eigenvalue weighted by Crippen LogP contribution is -2.42. The first-order valence-electron chi connectivity index (χ1n) is 13.5. The van der Waals surface area contributed by atoms with Gasteiger partial charge in [-0.3, -0.25) is 4.79 Å². The van der Waals surface area contributed by atoms with E-state index >= 15 is 0 Å². The van der Waals surface area contributed by atoms with Gasteiger partial charge in [-0.15, -0.1) is 0 Å². The molecular weight excluding hydrogens is 456 g/mol. The Bertz CT molecular complexity index is 1110. The number of carbonyl (C=O) groups excluding carboxylic acids is 2. The number of benzene rings is 1. The van der Waals surface area contributed by atoms with Crippen LogP contribution in [0.3, 0.4) is 0 Å². The first kappa shape index (κ1) is 24.9. The van der Waals surface area contributed by atoms with E-state index < -0.39 is 5.60 Å². The van der Waals surface area contributed by atoms with Crippen molar-refractivity contribution in [1.82, 2.24) is 20.6 Å². The predicted octanol–water partition coefficient (Wildman–Crippen LogP) is 5.29. The van der Waals surface area contributed by atoms with Crippen LogP contribution in [0.2, 0.25) is 0 Å². The number of imidazole rings is 1. The second-order valence-electron chi connectivity index (χ2n) is 12.0. The molecule has 2 amide bonds. The van der Waals surface area contributed by atoms with Crippen LogP contribution in [0.15, 0.2) is 12.1 Å². The van der Waals surface area contributed by atoms with Gasteiger partial charge in [0.2, 0.25) is 0 Å². The average Bonchev–Trinajstić information content (AvgIpc) is 3.57. The van der Waals surface area contributed by atoms with Crippen LogP contribution in [0.1, 0.15) is 94.2 Å². The van der Waals surface area contributed by atoms with Crippen molar-refractivity contribution in [2.24, 2.45) is 17.8 Å². The van der Waals surface area contributed by atoms with E-state index in [4.69, 9.17) is 14.5 Å². The molecule has 8 nitrogen and oxygen atoms in total. The van der Waals surface area contributed by atoms with Crippen molar-refractivity contribution in [3.8, 4) is 5.75 Å². The molecule has 36 heavy (non-hydrogen) atoms. The molecule has 0 radical (unpaired) electrons. The smallest absolute Gasteiger partial charge is 0.407 e. The summed E-state index contributed by atoms with van der Waals surface area (Å²) < 4.78 is 10.9. The summed E-state index contributed by atoms with van der Waals surface area (Å²) in [4.78, 5) is 33.7. The van der Waals surface area contributed by atoms with E-state index in [2.05, 4.69) is 15.6 Å². The lowest BCUT2D eigenvalue weighted by Gasteiger charge is -2.30. The topological polar surface area (TPSA) is 105 Å². The monoisotopic (exact) mass is 496 g/mol. The van der Waals surface area contributed by atoms with Gasteiger partial charge in [0.1, 0.15) is 28.2 Å². The maximum Gasteiger partial charge on any atom is 0.407 e. The molecule has 2 aromatic rings. The predicted molar refractivity (Wildman–Crippen MR) is 138 cm³/mol. The van der Waals surface area contributed by atoms with Gasteiger partial charge in [-0.05, 0) is 95.6 Å². The van der Waals surface area contributed by atoms with Crippen molar-refractivity contribution < 1.29 is 19.1 Å². The van der Waals surface area contributed by atoms with Gasteiger partial charge < -0.3 is 25.1 Å². The molecule has 0 spiro atoms. The average molecular weight is 497 g/mol. The van der Waals surface area contributed by atoms with Gasteiger partial charge in [-0.1, -0.05) is 6.42 Å². The Morgan fingerprint density at radius 3 is 2.50 bits per heavy atom. The van der Waals surface area contributed by atoms with Crippen LogP contribution in [-0.2, 0) is 4.74 Å². The number of aromatic nitrogens is 2. The van der Waals surface area contributed by atoms with Crippen LogP contribution in [0.25, 0.3) is 11.0 Å². The molecule has 1 heterocycles. The summed E-state index contributed by atoms with van der Waals surface area (Å²) >= 11 is 0. The molecule has 2 bridgehead atoms. The van der Waals surface area contributed by atoms with Gasteiger partial charge in [0.15, 0.2) is 0 Å². The number of methoxy groups -OCH3 is 1. The Morgan fingerprint density at radius 2 is 1.86 bits per heavy atom. The van der Waals surface area contributed by atoms with Crippen LogP contribution < -0.4 is 15.4 Å². The fraction of sp³-hybridized carbons (Fsp3) is 0.679. The summed E-state index contributed by atoms with van der Waals surface area (Å²) in [6, 6.07) is 3.80. The number of amides is 2. The molecule has 3 atom stereocenters. The van der Waals surface area contributed by atoms with Crippen LogP contribution in [0.4, 0.5) is 4.79 Å². The molecule has 8 heteroatoms. The highest BCUT2D eigenvalue weighted by atomic mass is 16.6. The van der Waals surface area contributed by atoms with E-state index in [0.29, 0.717) is 35.4 Å².